The van der Waals surface area contributed by atoms with Crippen molar-refractivity contribution in [2.45, 2.75) is 13.5 Å². The number of methoxy groups -OCH3 is 1. The van der Waals surface area contributed by atoms with Gasteiger partial charge in [0.05, 0.1) is 28.8 Å². The van der Waals surface area contributed by atoms with Crippen molar-refractivity contribution < 1.29 is 23.9 Å². The van der Waals surface area contributed by atoms with Crippen molar-refractivity contribution in [3.8, 4) is 23.3 Å². The van der Waals surface area contributed by atoms with Crippen molar-refractivity contribution in [1.29, 1.82) is 5.26 Å². The van der Waals surface area contributed by atoms with E-state index in [9.17, 15) is 20.2 Å². The molecule has 0 aromatic heterocycles. The van der Waals surface area contributed by atoms with E-state index in [1.165, 1.54) is 25.3 Å². The molecule has 0 spiro atoms. The summed E-state index contributed by atoms with van der Waals surface area (Å²) in [6.07, 6.45) is 1.39. The van der Waals surface area contributed by atoms with Crippen LogP contribution in [0.2, 0.25) is 0 Å². The van der Waals surface area contributed by atoms with Crippen molar-refractivity contribution in [1.82, 2.24) is 0 Å². The summed E-state index contributed by atoms with van der Waals surface area (Å²) in [4.78, 5) is 23.5. The predicted molar refractivity (Wildman–Crippen MR) is 155 cm³/mol. The maximum Gasteiger partial charge on any atom is 0.271 e. The third-order valence-corrected chi connectivity index (χ3v) is 6.49. The van der Waals surface area contributed by atoms with Gasteiger partial charge in [0, 0.05) is 12.1 Å². The number of hydrogen-bond donors (Lipinski definition) is 1. The minimum Gasteiger partial charge on any atom is -0.495 e. The van der Waals surface area contributed by atoms with E-state index in [2.05, 4.69) is 21.2 Å². The Labute approximate surface area is 238 Å². The molecule has 0 aliphatic heterocycles. The van der Waals surface area contributed by atoms with E-state index in [4.69, 9.17) is 14.2 Å². The summed E-state index contributed by atoms with van der Waals surface area (Å²) in [5.41, 5.74) is 1.12. The zero-order valence-corrected chi connectivity index (χ0v) is 23.2. The standard InChI is InChI=1S/C30H24BrN3O6/c1-3-39-28-15-19(13-22(17-32)30(35)33-26-16-23(34(36)37)11-12-27(26)38-2)14-25(31)29(28)40-18-21-9-6-8-20-7-4-5-10-24(20)21/h4-16H,3,18H2,1-2H3,(H,33,35)/b22-13+. The molecule has 4 aromatic rings. The van der Waals surface area contributed by atoms with E-state index in [0.717, 1.165) is 22.4 Å². The lowest BCUT2D eigenvalue weighted by atomic mass is 10.1. The molecule has 0 unspecified atom stereocenters. The Balaban J connectivity index is 1.61. The number of carbonyl (C=O) groups is 1. The lowest BCUT2D eigenvalue weighted by Gasteiger charge is -2.16. The third kappa shape index (κ3) is 6.39. The summed E-state index contributed by atoms with van der Waals surface area (Å²) in [6.45, 7) is 2.50. The van der Waals surface area contributed by atoms with Gasteiger partial charge in [0.1, 0.15) is 24.0 Å². The first kappa shape index (κ1) is 28.1. The molecule has 4 rings (SSSR count). The Hall–Kier alpha value is -4.88. The number of rotatable bonds is 10. The molecular formula is C30H24BrN3O6. The SMILES string of the molecule is CCOc1cc(/C=C(\C#N)C(=O)Nc2cc([N+](=O)[O-])ccc2OC)cc(Br)c1OCc1cccc2ccccc12. The highest BCUT2D eigenvalue weighted by Crippen LogP contribution is 2.38. The Morgan fingerprint density at radius 1 is 1.07 bits per heavy atom. The molecule has 0 atom stereocenters. The second kappa shape index (κ2) is 12.8. The van der Waals surface area contributed by atoms with Crippen LogP contribution in [-0.4, -0.2) is 24.5 Å². The van der Waals surface area contributed by atoms with E-state index in [1.807, 2.05) is 55.5 Å². The summed E-state index contributed by atoms with van der Waals surface area (Å²) < 4.78 is 17.8. The number of amides is 1. The highest BCUT2D eigenvalue weighted by atomic mass is 79.9. The summed E-state index contributed by atoms with van der Waals surface area (Å²) in [5, 5.41) is 25.6. The third-order valence-electron chi connectivity index (χ3n) is 5.90. The highest BCUT2D eigenvalue weighted by Gasteiger charge is 2.18. The lowest BCUT2D eigenvalue weighted by molar-refractivity contribution is -0.384. The highest BCUT2D eigenvalue weighted by molar-refractivity contribution is 9.10. The van der Waals surface area contributed by atoms with Gasteiger partial charge in [0.2, 0.25) is 0 Å². The molecule has 0 aliphatic carbocycles. The second-order valence-corrected chi connectivity index (χ2v) is 9.31. The minimum absolute atomic E-state index is 0.0659. The number of nitrogens with one attached hydrogen (secondary N) is 1. The van der Waals surface area contributed by atoms with E-state index >= 15 is 0 Å². The Bertz CT molecular complexity index is 1660. The van der Waals surface area contributed by atoms with Gasteiger partial charge in [-0.3, -0.25) is 14.9 Å². The zero-order valence-electron chi connectivity index (χ0n) is 21.6. The lowest BCUT2D eigenvalue weighted by Crippen LogP contribution is -2.14. The first-order valence-corrected chi connectivity index (χ1v) is 12.9. The van der Waals surface area contributed by atoms with Crippen LogP contribution in [0.1, 0.15) is 18.1 Å². The number of fused-ring (bicyclic) bond motifs is 1. The number of nitro groups is 1. The fraction of sp³-hybridized carbons (Fsp3) is 0.133. The maximum atomic E-state index is 12.9. The molecule has 1 amide bonds. The number of nitro benzene ring substituents is 1. The maximum absolute atomic E-state index is 12.9. The smallest absolute Gasteiger partial charge is 0.271 e. The molecule has 0 heterocycles. The van der Waals surface area contributed by atoms with Crippen molar-refractivity contribution in [3.63, 3.8) is 0 Å². The quantitative estimate of drug-likeness (QED) is 0.0894. The van der Waals surface area contributed by atoms with Crippen molar-refractivity contribution in [2.24, 2.45) is 0 Å². The Kier molecular flexibility index (Phi) is 8.99. The van der Waals surface area contributed by atoms with Gasteiger partial charge in [0.15, 0.2) is 11.5 Å². The molecule has 0 bridgehead atoms. The molecule has 10 heteroatoms. The van der Waals surface area contributed by atoms with Crippen LogP contribution in [0.5, 0.6) is 17.2 Å². The summed E-state index contributed by atoms with van der Waals surface area (Å²) in [6, 6.07) is 23.1. The van der Waals surface area contributed by atoms with Gasteiger partial charge < -0.3 is 19.5 Å². The van der Waals surface area contributed by atoms with E-state index in [-0.39, 0.29) is 22.7 Å². The molecule has 0 radical (unpaired) electrons. The van der Waals surface area contributed by atoms with Crippen LogP contribution in [0.25, 0.3) is 16.8 Å². The normalized spacial score (nSPS) is 11.0. The van der Waals surface area contributed by atoms with Crippen molar-refractivity contribution in [3.05, 3.63) is 104 Å². The number of halogens is 1. The van der Waals surface area contributed by atoms with Crippen LogP contribution in [0, 0.1) is 21.4 Å². The van der Waals surface area contributed by atoms with Crippen LogP contribution in [-0.2, 0) is 11.4 Å². The van der Waals surface area contributed by atoms with Gasteiger partial charge in [0.25, 0.3) is 11.6 Å². The van der Waals surface area contributed by atoms with Crippen LogP contribution < -0.4 is 19.5 Å². The molecule has 202 valence electrons. The summed E-state index contributed by atoms with van der Waals surface area (Å²) >= 11 is 3.54. The number of carbonyl (C=O) groups excluding carboxylic acids is 1. The molecule has 0 saturated carbocycles. The first-order chi connectivity index (χ1) is 19.3. The van der Waals surface area contributed by atoms with Gasteiger partial charge >= 0.3 is 0 Å². The van der Waals surface area contributed by atoms with Gasteiger partial charge in [-0.1, -0.05) is 42.5 Å². The molecule has 0 fully saturated rings. The van der Waals surface area contributed by atoms with Gasteiger partial charge in [-0.05, 0) is 69.0 Å². The molecule has 40 heavy (non-hydrogen) atoms. The monoisotopic (exact) mass is 601 g/mol. The van der Waals surface area contributed by atoms with Crippen LogP contribution in [0.3, 0.4) is 0 Å². The van der Waals surface area contributed by atoms with Crippen LogP contribution in [0.4, 0.5) is 11.4 Å². The molecule has 0 aliphatic rings. The number of ether oxygens (including phenoxy) is 3. The number of nitriles is 1. The van der Waals surface area contributed by atoms with Gasteiger partial charge in [-0.25, -0.2) is 0 Å². The number of non-ortho nitro benzene ring substituents is 1. The number of anilines is 1. The molecule has 0 saturated heterocycles. The summed E-state index contributed by atoms with van der Waals surface area (Å²) in [7, 11) is 1.37. The fourth-order valence-corrected chi connectivity index (χ4v) is 4.63. The number of benzene rings is 4. The Morgan fingerprint density at radius 2 is 1.85 bits per heavy atom. The Morgan fingerprint density at radius 3 is 2.58 bits per heavy atom. The second-order valence-electron chi connectivity index (χ2n) is 8.46. The summed E-state index contributed by atoms with van der Waals surface area (Å²) in [5.74, 6) is 0.370. The number of hydrogen-bond acceptors (Lipinski definition) is 7. The van der Waals surface area contributed by atoms with E-state index in [0.29, 0.717) is 34.7 Å². The molecular weight excluding hydrogens is 578 g/mol. The average Bonchev–Trinajstić information content (AvgIpc) is 2.95. The van der Waals surface area contributed by atoms with Crippen LogP contribution >= 0.6 is 15.9 Å². The first-order valence-electron chi connectivity index (χ1n) is 12.2. The van der Waals surface area contributed by atoms with Gasteiger partial charge in [-0.2, -0.15) is 5.26 Å². The van der Waals surface area contributed by atoms with E-state index < -0.39 is 10.8 Å². The van der Waals surface area contributed by atoms with Crippen LogP contribution in [0.15, 0.2) is 82.8 Å². The predicted octanol–water partition coefficient (Wildman–Crippen LogP) is 7.04. The average molecular weight is 602 g/mol. The minimum atomic E-state index is -0.758. The largest absolute Gasteiger partial charge is 0.495 e. The fourth-order valence-electron chi connectivity index (χ4n) is 4.05. The topological polar surface area (TPSA) is 124 Å². The molecule has 1 N–H and O–H groups in total. The number of nitrogens with zero attached hydrogens (tertiary/aromatic N) is 2. The van der Waals surface area contributed by atoms with Gasteiger partial charge in [-0.15, -0.1) is 0 Å². The van der Waals surface area contributed by atoms with E-state index in [1.54, 1.807) is 12.1 Å². The molecule has 9 nitrogen and oxygen atoms in total. The van der Waals surface area contributed by atoms with Crippen molar-refractivity contribution in [2.75, 3.05) is 19.0 Å². The van der Waals surface area contributed by atoms with Crippen molar-refractivity contribution >= 4 is 50.1 Å². The molecule has 4 aromatic carbocycles. The zero-order chi connectivity index (χ0) is 28.6.